The van der Waals surface area contributed by atoms with Crippen molar-refractivity contribution in [1.29, 1.82) is 0 Å². The van der Waals surface area contributed by atoms with Gasteiger partial charge in [0.05, 0.1) is 6.54 Å². The lowest BCUT2D eigenvalue weighted by molar-refractivity contribution is -0.120. The van der Waals surface area contributed by atoms with Crippen molar-refractivity contribution < 1.29 is 4.79 Å². The van der Waals surface area contributed by atoms with E-state index in [1.54, 1.807) is 0 Å². The molecule has 1 heterocycles. The summed E-state index contributed by atoms with van der Waals surface area (Å²) in [6, 6.07) is 0. The highest BCUT2D eigenvalue weighted by molar-refractivity contribution is 5.81. The summed E-state index contributed by atoms with van der Waals surface area (Å²) in [5, 5.41) is 6.15. The third-order valence-electron chi connectivity index (χ3n) is 2.91. The average molecular weight is 254 g/mol. The number of hydrogen-bond acceptors (Lipinski definition) is 2. The van der Waals surface area contributed by atoms with Crippen LogP contribution < -0.4 is 10.6 Å². The van der Waals surface area contributed by atoms with Crippen LogP contribution in [0, 0.1) is 0 Å². The Hall–Kier alpha value is -1.26. The second-order valence-electron chi connectivity index (χ2n) is 4.53. The van der Waals surface area contributed by atoms with Crippen LogP contribution in [0.25, 0.3) is 0 Å². The lowest BCUT2D eigenvalue weighted by Gasteiger charge is -2.20. The minimum absolute atomic E-state index is 0.0953. The van der Waals surface area contributed by atoms with E-state index in [-0.39, 0.29) is 5.91 Å². The van der Waals surface area contributed by atoms with Crippen LogP contribution in [-0.4, -0.2) is 49.5 Å². The maximum Gasteiger partial charge on any atom is 0.221 e. The summed E-state index contributed by atoms with van der Waals surface area (Å²) in [5.74, 6) is 1.05. The van der Waals surface area contributed by atoms with Gasteiger partial charge in [-0.1, -0.05) is 6.92 Å². The summed E-state index contributed by atoms with van der Waals surface area (Å²) in [6.07, 6.45) is 3.93. The van der Waals surface area contributed by atoms with E-state index in [1.165, 1.54) is 12.8 Å². The van der Waals surface area contributed by atoms with E-state index in [9.17, 15) is 4.79 Å². The Morgan fingerprint density at radius 1 is 1.22 bits per heavy atom. The zero-order chi connectivity index (χ0) is 13.2. The highest BCUT2D eigenvalue weighted by atomic mass is 16.1. The lowest BCUT2D eigenvalue weighted by Crippen LogP contribution is -2.39. The van der Waals surface area contributed by atoms with E-state index in [0.29, 0.717) is 13.0 Å². The molecular formula is C13H26N4O. The van der Waals surface area contributed by atoms with E-state index in [1.807, 2.05) is 0 Å². The van der Waals surface area contributed by atoms with Gasteiger partial charge in [0, 0.05) is 32.6 Å². The van der Waals surface area contributed by atoms with Gasteiger partial charge in [-0.2, -0.15) is 0 Å². The monoisotopic (exact) mass is 254 g/mol. The fourth-order valence-electron chi connectivity index (χ4n) is 1.97. The van der Waals surface area contributed by atoms with E-state index in [2.05, 4.69) is 34.4 Å². The van der Waals surface area contributed by atoms with Gasteiger partial charge in [-0.05, 0) is 26.2 Å². The van der Waals surface area contributed by atoms with Gasteiger partial charge >= 0.3 is 0 Å². The molecule has 0 unspecified atom stereocenters. The van der Waals surface area contributed by atoms with Crippen molar-refractivity contribution >= 4 is 11.9 Å². The number of amides is 1. The van der Waals surface area contributed by atoms with E-state index < -0.39 is 0 Å². The standard InChI is InChI=1S/C13H26N4O/c1-3-8-15-12(18)7-9-16-13(14-4-2)17-10-5-6-11-17/h3-11H2,1-2H3,(H,14,16)(H,15,18). The van der Waals surface area contributed by atoms with Crippen molar-refractivity contribution in [1.82, 2.24) is 15.5 Å². The molecule has 0 saturated carbocycles. The molecule has 0 aromatic heterocycles. The zero-order valence-corrected chi connectivity index (χ0v) is 11.7. The first kappa shape index (κ1) is 14.8. The molecule has 1 fully saturated rings. The van der Waals surface area contributed by atoms with Gasteiger partial charge < -0.3 is 15.5 Å². The molecule has 104 valence electrons. The molecule has 1 amide bonds. The van der Waals surface area contributed by atoms with Crippen LogP contribution in [0.2, 0.25) is 0 Å². The van der Waals surface area contributed by atoms with Crippen LogP contribution in [0.4, 0.5) is 0 Å². The maximum absolute atomic E-state index is 11.4. The highest BCUT2D eigenvalue weighted by Gasteiger charge is 2.15. The van der Waals surface area contributed by atoms with Gasteiger partial charge in [0.2, 0.25) is 5.91 Å². The van der Waals surface area contributed by atoms with Crippen LogP contribution in [0.15, 0.2) is 4.99 Å². The average Bonchev–Trinajstić information content (AvgIpc) is 2.89. The molecular weight excluding hydrogens is 228 g/mol. The van der Waals surface area contributed by atoms with E-state index in [4.69, 9.17) is 0 Å². The van der Waals surface area contributed by atoms with Crippen LogP contribution in [-0.2, 0) is 4.79 Å². The van der Waals surface area contributed by atoms with Crippen molar-refractivity contribution in [3.8, 4) is 0 Å². The summed E-state index contributed by atoms with van der Waals surface area (Å²) in [4.78, 5) is 18.2. The van der Waals surface area contributed by atoms with Crippen molar-refractivity contribution in [2.45, 2.75) is 39.5 Å². The molecule has 0 aliphatic carbocycles. The van der Waals surface area contributed by atoms with Crippen LogP contribution in [0.3, 0.4) is 0 Å². The third-order valence-corrected chi connectivity index (χ3v) is 2.91. The summed E-state index contributed by atoms with van der Waals surface area (Å²) in [5.41, 5.74) is 0. The summed E-state index contributed by atoms with van der Waals surface area (Å²) < 4.78 is 0. The zero-order valence-electron chi connectivity index (χ0n) is 11.7. The first-order valence-electron chi connectivity index (χ1n) is 7.07. The van der Waals surface area contributed by atoms with Crippen LogP contribution in [0.1, 0.15) is 39.5 Å². The van der Waals surface area contributed by atoms with Crippen molar-refractivity contribution in [3.63, 3.8) is 0 Å². The SMILES string of the molecule is CCCNC(=O)CCN=C(NCC)N1CCCC1. The summed E-state index contributed by atoms with van der Waals surface area (Å²) in [7, 11) is 0. The molecule has 0 aromatic rings. The molecule has 0 atom stereocenters. The Morgan fingerprint density at radius 2 is 1.94 bits per heavy atom. The first-order valence-corrected chi connectivity index (χ1v) is 7.07. The molecule has 1 aliphatic rings. The lowest BCUT2D eigenvalue weighted by atomic mass is 10.4. The van der Waals surface area contributed by atoms with E-state index >= 15 is 0 Å². The number of likely N-dealkylation sites (tertiary alicyclic amines) is 1. The fourth-order valence-corrected chi connectivity index (χ4v) is 1.97. The van der Waals surface area contributed by atoms with Gasteiger partial charge in [0.1, 0.15) is 0 Å². The predicted molar refractivity (Wildman–Crippen MR) is 74.7 cm³/mol. The topological polar surface area (TPSA) is 56.7 Å². The van der Waals surface area contributed by atoms with E-state index in [0.717, 1.165) is 38.6 Å². The Kier molecular flexibility index (Phi) is 7.22. The quantitative estimate of drug-likeness (QED) is 0.548. The molecule has 0 aromatic carbocycles. The van der Waals surface area contributed by atoms with Gasteiger partial charge in [-0.15, -0.1) is 0 Å². The van der Waals surface area contributed by atoms with Gasteiger partial charge in [-0.25, -0.2) is 0 Å². The fraction of sp³-hybridized carbons (Fsp3) is 0.846. The number of nitrogens with zero attached hydrogens (tertiary/aromatic N) is 2. The molecule has 1 saturated heterocycles. The Balaban J connectivity index is 2.33. The number of carbonyl (C=O) groups is 1. The third kappa shape index (κ3) is 5.38. The largest absolute Gasteiger partial charge is 0.357 e. The summed E-state index contributed by atoms with van der Waals surface area (Å²) in [6.45, 7) is 8.47. The maximum atomic E-state index is 11.4. The number of rotatable bonds is 6. The molecule has 1 rings (SSSR count). The minimum atomic E-state index is 0.0953. The van der Waals surface area contributed by atoms with Gasteiger partial charge in [0.15, 0.2) is 5.96 Å². The molecule has 0 bridgehead atoms. The number of hydrogen-bond donors (Lipinski definition) is 2. The van der Waals surface area contributed by atoms with Gasteiger partial charge in [0.25, 0.3) is 0 Å². The smallest absolute Gasteiger partial charge is 0.221 e. The highest BCUT2D eigenvalue weighted by Crippen LogP contribution is 2.07. The minimum Gasteiger partial charge on any atom is -0.357 e. The molecule has 1 aliphatic heterocycles. The second kappa shape index (κ2) is 8.78. The Morgan fingerprint density at radius 3 is 2.56 bits per heavy atom. The number of nitrogens with one attached hydrogen (secondary N) is 2. The number of carbonyl (C=O) groups excluding carboxylic acids is 1. The normalized spacial score (nSPS) is 15.9. The van der Waals surface area contributed by atoms with Crippen molar-refractivity contribution in [3.05, 3.63) is 0 Å². The molecule has 0 radical (unpaired) electrons. The molecule has 18 heavy (non-hydrogen) atoms. The molecule has 0 spiro atoms. The predicted octanol–water partition coefficient (Wildman–Crippen LogP) is 0.964. The Bertz CT molecular complexity index is 272. The van der Waals surface area contributed by atoms with Crippen molar-refractivity contribution in [2.24, 2.45) is 4.99 Å². The molecule has 5 heteroatoms. The Labute approximate surface area is 110 Å². The number of aliphatic imine (C=N–C) groups is 1. The first-order chi connectivity index (χ1) is 8.77. The van der Waals surface area contributed by atoms with Crippen LogP contribution in [0.5, 0.6) is 0 Å². The van der Waals surface area contributed by atoms with Gasteiger partial charge in [-0.3, -0.25) is 9.79 Å². The van der Waals surface area contributed by atoms with Crippen molar-refractivity contribution in [2.75, 3.05) is 32.7 Å². The second-order valence-corrected chi connectivity index (χ2v) is 4.53. The number of guanidine groups is 1. The van der Waals surface area contributed by atoms with Crippen LogP contribution >= 0.6 is 0 Å². The summed E-state index contributed by atoms with van der Waals surface area (Å²) >= 11 is 0. The molecule has 5 nitrogen and oxygen atoms in total. The molecule has 2 N–H and O–H groups in total.